The summed E-state index contributed by atoms with van der Waals surface area (Å²) in [6, 6.07) is 6.46. The molecular weight excluding hydrogens is 260 g/mol. The predicted molar refractivity (Wildman–Crippen MR) is 75.9 cm³/mol. The molecule has 0 heterocycles. The summed E-state index contributed by atoms with van der Waals surface area (Å²) < 4.78 is 4.94. The number of urea groups is 1. The van der Waals surface area contributed by atoms with Gasteiger partial charge >= 0.3 is 12.0 Å². The van der Waals surface area contributed by atoms with Gasteiger partial charge in [-0.15, -0.1) is 0 Å². The Morgan fingerprint density at radius 3 is 2.70 bits per heavy atom. The Balaban J connectivity index is 2.59. The first-order chi connectivity index (χ1) is 9.52. The first-order valence-corrected chi connectivity index (χ1v) is 6.39. The first kappa shape index (κ1) is 16.0. The molecule has 6 nitrogen and oxygen atoms in total. The Kier molecular flexibility index (Phi) is 6.52. The minimum atomic E-state index is -0.937. The van der Waals surface area contributed by atoms with Crippen LogP contribution in [0.3, 0.4) is 0 Å². The number of rotatable bonds is 7. The molecule has 1 atom stereocenters. The molecule has 1 rings (SSSR count). The average Bonchev–Trinajstić information content (AvgIpc) is 2.38. The largest absolute Gasteiger partial charge is 0.481 e. The molecule has 0 bridgehead atoms. The van der Waals surface area contributed by atoms with Gasteiger partial charge in [0.1, 0.15) is 0 Å². The van der Waals surface area contributed by atoms with Crippen molar-refractivity contribution in [1.82, 2.24) is 5.32 Å². The van der Waals surface area contributed by atoms with Gasteiger partial charge in [-0.1, -0.05) is 18.2 Å². The van der Waals surface area contributed by atoms with E-state index in [1.165, 1.54) is 0 Å². The van der Waals surface area contributed by atoms with E-state index in [0.29, 0.717) is 24.3 Å². The number of carboxylic acids is 1. The van der Waals surface area contributed by atoms with Crippen LogP contribution in [0.2, 0.25) is 0 Å². The molecule has 6 heteroatoms. The first-order valence-electron chi connectivity index (χ1n) is 6.39. The van der Waals surface area contributed by atoms with E-state index in [0.717, 1.165) is 0 Å². The van der Waals surface area contributed by atoms with Crippen LogP contribution < -0.4 is 10.6 Å². The number of methoxy groups -OCH3 is 1. The van der Waals surface area contributed by atoms with Crippen molar-refractivity contribution < 1.29 is 19.4 Å². The Hall–Kier alpha value is -2.08. The number of hydrogen-bond donors (Lipinski definition) is 3. The second-order valence-electron chi connectivity index (χ2n) is 4.51. The predicted octanol–water partition coefficient (Wildman–Crippen LogP) is 1.86. The highest BCUT2D eigenvalue weighted by Gasteiger charge is 2.11. The van der Waals surface area contributed by atoms with Crippen molar-refractivity contribution >= 4 is 17.7 Å². The lowest BCUT2D eigenvalue weighted by molar-refractivity contribution is -0.136. The molecule has 2 amide bonds. The quantitative estimate of drug-likeness (QED) is 0.711. The molecule has 1 aromatic rings. The van der Waals surface area contributed by atoms with E-state index in [2.05, 4.69) is 10.6 Å². The van der Waals surface area contributed by atoms with Gasteiger partial charge < -0.3 is 20.5 Å². The molecule has 0 aliphatic rings. The van der Waals surface area contributed by atoms with Gasteiger partial charge in [0.05, 0.1) is 6.42 Å². The third-order valence-corrected chi connectivity index (χ3v) is 2.74. The number of para-hydroxylation sites is 1. The zero-order chi connectivity index (χ0) is 15.0. The fourth-order valence-corrected chi connectivity index (χ4v) is 1.71. The molecule has 0 radical (unpaired) electrons. The molecule has 0 aliphatic carbocycles. The van der Waals surface area contributed by atoms with Gasteiger partial charge in [0.2, 0.25) is 0 Å². The lowest BCUT2D eigenvalue weighted by atomic mass is 10.1. The minimum absolute atomic E-state index is 0.0263. The molecule has 1 aromatic carbocycles. The molecule has 20 heavy (non-hydrogen) atoms. The van der Waals surface area contributed by atoms with Crippen molar-refractivity contribution in [1.29, 1.82) is 0 Å². The zero-order valence-electron chi connectivity index (χ0n) is 11.7. The third-order valence-electron chi connectivity index (χ3n) is 2.74. The van der Waals surface area contributed by atoms with Crippen LogP contribution in [-0.4, -0.2) is 36.9 Å². The maximum atomic E-state index is 11.8. The van der Waals surface area contributed by atoms with Crippen LogP contribution in [0.25, 0.3) is 0 Å². The van der Waals surface area contributed by atoms with Gasteiger partial charge in [-0.2, -0.15) is 0 Å². The smallest absolute Gasteiger partial charge is 0.319 e. The number of benzene rings is 1. The summed E-state index contributed by atoms with van der Waals surface area (Å²) in [7, 11) is 1.61. The van der Waals surface area contributed by atoms with Gasteiger partial charge in [0, 0.05) is 25.4 Å². The number of carbonyl (C=O) groups excluding carboxylic acids is 1. The van der Waals surface area contributed by atoms with Gasteiger partial charge in [0.25, 0.3) is 0 Å². The summed E-state index contributed by atoms with van der Waals surface area (Å²) in [5, 5.41) is 14.3. The standard InChI is InChI=1S/C14H20N2O4/c1-10(7-8-20-2)15-14(19)16-12-6-4-3-5-11(12)9-13(17)18/h3-6,10H,7-9H2,1-2H3,(H,17,18)(H2,15,16,19). The molecule has 110 valence electrons. The topological polar surface area (TPSA) is 87.7 Å². The monoisotopic (exact) mass is 280 g/mol. The summed E-state index contributed by atoms with van der Waals surface area (Å²) >= 11 is 0. The van der Waals surface area contributed by atoms with Crippen LogP contribution in [0.5, 0.6) is 0 Å². The van der Waals surface area contributed by atoms with E-state index in [4.69, 9.17) is 9.84 Å². The highest BCUT2D eigenvalue weighted by atomic mass is 16.5. The van der Waals surface area contributed by atoms with Crippen molar-refractivity contribution in [2.24, 2.45) is 0 Å². The SMILES string of the molecule is COCCC(C)NC(=O)Nc1ccccc1CC(=O)O. The number of anilines is 1. The zero-order valence-corrected chi connectivity index (χ0v) is 11.7. The summed E-state index contributed by atoms with van der Waals surface area (Å²) in [5.74, 6) is -0.937. The Bertz CT molecular complexity index is 462. The summed E-state index contributed by atoms with van der Waals surface area (Å²) in [6.07, 6.45) is 0.580. The van der Waals surface area contributed by atoms with Crippen molar-refractivity contribution in [2.45, 2.75) is 25.8 Å². The second kappa shape index (κ2) is 8.16. The molecule has 0 saturated carbocycles. The minimum Gasteiger partial charge on any atom is -0.481 e. The molecule has 1 unspecified atom stereocenters. The highest BCUT2D eigenvalue weighted by Crippen LogP contribution is 2.15. The van der Waals surface area contributed by atoms with E-state index >= 15 is 0 Å². The lowest BCUT2D eigenvalue weighted by Gasteiger charge is -2.15. The highest BCUT2D eigenvalue weighted by molar-refractivity contribution is 5.91. The van der Waals surface area contributed by atoms with Crippen LogP contribution in [0, 0.1) is 0 Å². The molecule has 0 spiro atoms. The Labute approximate surface area is 118 Å². The maximum Gasteiger partial charge on any atom is 0.319 e. The molecule has 0 aliphatic heterocycles. The van der Waals surface area contributed by atoms with Crippen LogP contribution in [-0.2, 0) is 16.0 Å². The molecule has 3 N–H and O–H groups in total. The number of amides is 2. The van der Waals surface area contributed by atoms with E-state index < -0.39 is 5.97 Å². The normalized spacial score (nSPS) is 11.7. The van der Waals surface area contributed by atoms with E-state index in [1.54, 1.807) is 31.4 Å². The van der Waals surface area contributed by atoms with Crippen molar-refractivity contribution in [3.63, 3.8) is 0 Å². The number of carboxylic acid groups (broad SMARTS) is 1. The van der Waals surface area contributed by atoms with Crippen molar-refractivity contribution in [3.8, 4) is 0 Å². The Morgan fingerprint density at radius 1 is 1.35 bits per heavy atom. The lowest BCUT2D eigenvalue weighted by Crippen LogP contribution is -2.36. The number of nitrogens with one attached hydrogen (secondary N) is 2. The third kappa shape index (κ3) is 5.71. The van der Waals surface area contributed by atoms with Crippen LogP contribution >= 0.6 is 0 Å². The van der Waals surface area contributed by atoms with E-state index in [-0.39, 0.29) is 18.5 Å². The second-order valence-corrected chi connectivity index (χ2v) is 4.51. The number of hydrogen-bond acceptors (Lipinski definition) is 3. The number of aliphatic carboxylic acids is 1. The summed E-state index contributed by atoms with van der Waals surface area (Å²) in [4.78, 5) is 22.6. The van der Waals surface area contributed by atoms with Gasteiger partial charge in [-0.3, -0.25) is 4.79 Å². The van der Waals surface area contributed by atoms with Crippen molar-refractivity contribution in [2.75, 3.05) is 19.0 Å². The molecule has 0 aromatic heterocycles. The van der Waals surface area contributed by atoms with Gasteiger partial charge in [-0.25, -0.2) is 4.79 Å². The summed E-state index contributed by atoms with van der Waals surface area (Å²) in [5.41, 5.74) is 1.08. The summed E-state index contributed by atoms with van der Waals surface area (Å²) in [6.45, 7) is 2.44. The number of carbonyl (C=O) groups is 2. The fraction of sp³-hybridized carbons (Fsp3) is 0.429. The van der Waals surface area contributed by atoms with Gasteiger partial charge in [-0.05, 0) is 25.0 Å². The molecular formula is C14H20N2O4. The molecule has 0 saturated heterocycles. The Morgan fingerprint density at radius 2 is 2.05 bits per heavy atom. The molecule has 0 fully saturated rings. The fourth-order valence-electron chi connectivity index (χ4n) is 1.71. The van der Waals surface area contributed by atoms with Gasteiger partial charge in [0.15, 0.2) is 0 Å². The van der Waals surface area contributed by atoms with Crippen molar-refractivity contribution in [3.05, 3.63) is 29.8 Å². The average molecular weight is 280 g/mol. The van der Waals surface area contributed by atoms with E-state index in [9.17, 15) is 9.59 Å². The number of ether oxygens (including phenoxy) is 1. The van der Waals surface area contributed by atoms with Crippen LogP contribution in [0.15, 0.2) is 24.3 Å². The van der Waals surface area contributed by atoms with Crippen LogP contribution in [0.1, 0.15) is 18.9 Å². The van der Waals surface area contributed by atoms with Crippen LogP contribution in [0.4, 0.5) is 10.5 Å². The maximum absolute atomic E-state index is 11.8. The van der Waals surface area contributed by atoms with E-state index in [1.807, 2.05) is 6.92 Å².